The molecule has 0 aliphatic rings. The van der Waals surface area contributed by atoms with Crippen molar-refractivity contribution in [2.24, 2.45) is 0 Å². The number of nitro groups is 1. The van der Waals surface area contributed by atoms with Crippen molar-refractivity contribution < 1.29 is 4.92 Å². The second kappa shape index (κ2) is 6.20. The minimum absolute atomic E-state index is 0.169. The van der Waals surface area contributed by atoms with E-state index in [0.29, 0.717) is 0 Å². The Hall–Kier alpha value is -2.62. The zero-order valence-electron chi connectivity index (χ0n) is 9.95. The van der Waals surface area contributed by atoms with Crippen LogP contribution in [-0.4, -0.2) is 9.49 Å². The summed E-state index contributed by atoms with van der Waals surface area (Å²) in [5, 5.41) is 10.5. The molecule has 18 heavy (non-hydrogen) atoms. The summed E-state index contributed by atoms with van der Waals surface area (Å²) < 4.78 is 1.85. The molecule has 0 amide bonds. The summed E-state index contributed by atoms with van der Waals surface area (Å²) in [6, 6.07) is 3.75. The van der Waals surface area contributed by atoms with Gasteiger partial charge in [-0.15, -0.1) is 0 Å². The van der Waals surface area contributed by atoms with Gasteiger partial charge in [0.2, 0.25) is 0 Å². The van der Waals surface area contributed by atoms with Gasteiger partial charge in [-0.05, 0) is 36.9 Å². The van der Waals surface area contributed by atoms with Crippen LogP contribution < -0.4 is 0 Å². The van der Waals surface area contributed by atoms with Crippen molar-refractivity contribution in [1.82, 2.24) is 4.57 Å². The lowest BCUT2D eigenvalue weighted by Gasteiger charge is -2.06. The predicted octanol–water partition coefficient (Wildman–Crippen LogP) is 3.50. The van der Waals surface area contributed by atoms with Crippen LogP contribution >= 0.6 is 0 Å². The Bertz CT molecular complexity index is 548. The minimum atomic E-state index is -0.536. The maximum atomic E-state index is 10.5. The molecule has 1 aromatic rings. The lowest BCUT2D eigenvalue weighted by Crippen LogP contribution is -1.97. The van der Waals surface area contributed by atoms with E-state index in [4.69, 9.17) is 0 Å². The molecule has 1 aromatic heterocycles. The van der Waals surface area contributed by atoms with E-state index in [1.807, 2.05) is 22.9 Å². The molecule has 92 valence electrons. The molecule has 0 spiro atoms. The molecule has 0 atom stereocenters. The average molecular weight is 242 g/mol. The average Bonchev–Trinajstić information content (AvgIpc) is 2.81. The van der Waals surface area contributed by atoms with Crippen LogP contribution in [0.1, 0.15) is 5.69 Å². The van der Waals surface area contributed by atoms with E-state index in [2.05, 4.69) is 19.7 Å². The Balaban J connectivity index is 3.09. The first kappa shape index (κ1) is 13.4. The Morgan fingerprint density at radius 1 is 1.39 bits per heavy atom. The molecule has 1 rings (SSSR count). The lowest BCUT2D eigenvalue weighted by atomic mass is 10.3. The number of hydrogen-bond donors (Lipinski definition) is 0. The summed E-state index contributed by atoms with van der Waals surface area (Å²) >= 11 is 0. The second-order valence-corrected chi connectivity index (χ2v) is 3.42. The van der Waals surface area contributed by atoms with Gasteiger partial charge >= 0.3 is 0 Å². The summed E-state index contributed by atoms with van der Waals surface area (Å²) in [6.07, 6.45) is 9.86. The Morgan fingerprint density at radius 2 is 2.11 bits per heavy atom. The largest absolute Gasteiger partial charge is 0.317 e. The van der Waals surface area contributed by atoms with Crippen molar-refractivity contribution in [3.05, 3.63) is 83.9 Å². The third-order valence-electron chi connectivity index (χ3n) is 2.24. The van der Waals surface area contributed by atoms with Crippen LogP contribution in [0.4, 0.5) is 0 Å². The monoisotopic (exact) mass is 242 g/mol. The third-order valence-corrected chi connectivity index (χ3v) is 2.24. The standard InChI is InChI=1S/C14H14N2O2/c1-4-7-14(10-9-12(3)16(17)18)15-11-6-8-13(15)5-2/h4-11H,1-3H2/b10-9-,14-7+. The highest BCUT2D eigenvalue weighted by molar-refractivity contribution is 5.64. The van der Waals surface area contributed by atoms with Gasteiger partial charge in [-0.1, -0.05) is 19.2 Å². The molecule has 0 aromatic carbocycles. The molecule has 0 radical (unpaired) electrons. The quantitative estimate of drug-likeness (QED) is 0.435. The molecule has 0 saturated carbocycles. The zero-order valence-corrected chi connectivity index (χ0v) is 9.95. The van der Waals surface area contributed by atoms with Crippen LogP contribution in [0.2, 0.25) is 0 Å². The Labute approximate surface area is 106 Å². The van der Waals surface area contributed by atoms with Crippen molar-refractivity contribution in [1.29, 1.82) is 0 Å². The van der Waals surface area contributed by atoms with Gasteiger partial charge in [0, 0.05) is 23.7 Å². The molecule has 0 bridgehead atoms. The highest BCUT2D eigenvalue weighted by Gasteiger charge is 2.03. The van der Waals surface area contributed by atoms with Crippen molar-refractivity contribution in [2.45, 2.75) is 0 Å². The molecule has 0 aliphatic heterocycles. The first-order chi connectivity index (χ1) is 8.60. The SMILES string of the molecule is C=C/C=C(\C=C/C(=C)[N+](=O)[O-])n1cccc1C=C. The number of allylic oxidation sites excluding steroid dienone is 5. The molecule has 4 heteroatoms. The van der Waals surface area contributed by atoms with Crippen LogP contribution in [0.5, 0.6) is 0 Å². The van der Waals surface area contributed by atoms with Gasteiger partial charge in [0.25, 0.3) is 5.70 Å². The molecule has 0 aliphatic carbocycles. The minimum Gasteiger partial charge on any atom is -0.317 e. The Morgan fingerprint density at radius 3 is 2.67 bits per heavy atom. The fraction of sp³-hybridized carbons (Fsp3) is 0. The van der Waals surface area contributed by atoms with E-state index in [-0.39, 0.29) is 5.70 Å². The highest BCUT2D eigenvalue weighted by Crippen LogP contribution is 2.14. The van der Waals surface area contributed by atoms with Crippen molar-refractivity contribution >= 4 is 11.8 Å². The number of hydrogen-bond acceptors (Lipinski definition) is 2. The number of rotatable bonds is 6. The summed E-state index contributed by atoms with van der Waals surface area (Å²) in [5.41, 5.74) is 1.46. The smallest absolute Gasteiger partial charge is 0.262 e. The predicted molar refractivity (Wildman–Crippen MR) is 74.3 cm³/mol. The summed E-state index contributed by atoms with van der Waals surface area (Å²) in [4.78, 5) is 9.94. The van der Waals surface area contributed by atoms with Gasteiger partial charge in [0.1, 0.15) is 0 Å². The molecule has 1 heterocycles. The van der Waals surface area contributed by atoms with Crippen molar-refractivity contribution in [3.63, 3.8) is 0 Å². The van der Waals surface area contributed by atoms with Gasteiger partial charge in [0.05, 0.1) is 4.92 Å². The molecule has 4 nitrogen and oxygen atoms in total. The highest BCUT2D eigenvalue weighted by atomic mass is 16.6. The molecule has 0 unspecified atom stereocenters. The van der Waals surface area contributed by atoms with Gasteiger partial charge in [-0.3, -0.25) is 10.1 Å². The first-order valence-electron chi connectivity index (χ1n) is 5.24. The number of aromatic nitrogens is 1. The van der Waals surface area contributed by atoms with E-state index in [1.165, 1.54) is 6.08 Å². The lowest BCUT2D eigenvalue weighted by molar-refractivity contribution is -0.418. The summed E-state index contributed by atoms with van der Waals surface area (Å²) in [7, 11) is 0. The van der Waals surface area contributed by atoms with Gasteiger partial charge in [-0.25, -0.2) is 0 Å². The zero-order chi connectivity index (χ0) is 13.5. The fourth-order valence-corrected chi connectivity index (χ4v) is 1.37. The maximum Gasteiger partial charge on any atom is 0.262 e. The van der Waals surface area contributed by atoms with Gasteiger partial charge in [-0.2, -0.15) is 0 Å². The third kappa shape index (κ3) is 3.18. The second-order valence-electron chi connectivity index (χ2n) is 3.42. The van der Waals surface area contributed by atoms with E-state index >= 15 is 0 Å². The Kier molecular flexibility index (Phi) is 4.63. The van der Waals surface area contributed by atoms with Crippen LogP contribution in [-0.2, 0) is 0 Å². The summed E-state index contributed by atoms with van der Waals surface area (Å²) in [6.45, 7) is 10.7. The molecule has 0 fully saturated rings. The van der Waals surface area contributed by atoms with E-state index in [1.54, 1.807) is 24.3 Å². The van der Waals surface area contributed by atoms with E-state index in [0.717, 1.165) is 11.4 Å². The summed E-state index contributed by atoms with van der Waals surface area (Å²) in [5.74, 6) is 0. The molecule has 0 N–H and O–H groups in total. The van der Waals surface area contributed by atoms with Crippen molar-refractivity contribution in [3.8, 4) is 0 Å². The van der Waals surface area contributed by atoms with Crippen LogP contribution in [0, 0.1) is 10.1 Å². The van der Waals surface area contributed by atoms with Gasteiger partial charge in [0.15, 0.2) is 0 Å². The van der Waals surface area contributed by atoms with Crippen LogP contribution in [0.3, 0.4) is 0 Å². The van der Waals surface area contributed by atoms with Crippen molar-refractivity contribution in [2.75, 3.05) is 0 Å². The normalized spacial score (nSPS) is 11.4. The van der Waals surface area contributed by atoms with Crippen LogP contribution in [0.25, 0.3) is 11.8 Å². The maximum absolute atomic E-state index is 10.5. The topological polar surface area (TPSA) is 48.1 Å². The van der Waals surface area contributed by atoms with E-state index in [9.17, 15) is 10.1 Å². The first-order valence-corrected chi connectivity index (χ1v) is 5.24. The van der Waals surface area contributed by atoms with Gasteiger partial charge < -0.3 is 4.57 Å². The molecule has 0 saturated heterocycles. The fourth-order valence-electron chi connectivity index (χ4n) is 1.37. The van der Waals surface area contributed by atoms with E-state index < -0.39 is 4.92 Å². The number of nitrogens with zero attached hydrogens (tertiary/aromatic N) is 2. The van der Waals surface area contributed by atoms with Crippen LogP contribution in [0.15, 0.2) is 68.1 Å². The molecular weight excluding hydrogens is 228 g/mol. The molecular formula is C14H14N2O2.